The van der Waals surface area contributed by atoms with Crippen molar-refractivity contribution < 1.29 is 22.7 Å². The lowest BCUT2D eigenvalue weighted by molar-refractivity contribution is -0.123. The van der Waals surface area contributed by atoms with Crippen molar-refractivity contribution in [3.63, 3.8) is 0 Å². The molecule has 0 saturated carbocycles. The standard InChI is InChI=1S/C22H30N2O5S/c1-13-10-15(3)19(11-14(13)2)16(4)23-22(25)17(5)24-30(26,27)18-8-9-20(28-6)21(12-18)29-7/h8-12,16-17,24H,1-7H3,(H,23,25)/t16-,17-/m1/s1. The van der Waals surface area contributed by atoms with Gasteiger partial charge in [0.15, 0.2) is 11.5 Å². The van der Waals surface area contributed by atoms with E-state index in [1.54, 1.807) is 0 Å². The number of amides is 1. The van der Waals surface area contributed by atoms with Crippen molar-refractivity contribution in [2.75, 3.05) is 14.2 Å². The van der Waals surface area contributed by atoms with Crippen LogP contribution in [-0.4, -0.2) is 34.6 Å². The summed E-state index contributed by atoms with van der Waals surface area (Å²) in [7, 11) is -1.04. The molecule has 0 saturated heterocycles. The molecule has 0 unspecified atom stereocenters. The van der Waals surface area contributed by atoms with E-state index in [0.717, 1.165) is 16.7 Å². The van der Waals surface area contributed by atoms with E-state index in [1.807, 2.05) is 33.8 Å². The topological polar surface area (TPSA) is 93.7 Å². The molecular formula is C22H30N2O5S. The summed E-state index contributed by atoms with van der Waals surface area (Å²) in [6.45, 7) is 9.44. The van der Waals surface area contributed by atoms with Crippen LogP contribution in [0.25, 0.3) is 0 Å². The highest BCUT2D eigenvalue weighted by Crippen LogP contribution is 2.29. The number of methoxy groups -OCH3 is 2. The monoisotopic (exact) mass is 434 g/mol. The van der Waals surface area contributed by atoms with E-state index in [2.05, 4.69) is 16.1 Å². The highest BCUT2D eigenvalue weighted by atomic mass is 32.2. The van der Waals surface area contributed by atoms with Gasteiger partial charge in [-0.05, 0) is 69.0 Å². The molecule has 7 nitrogen and oxygen atoms in total. The second-order valence-electron chi connectivity index (χ2n) is 7.38. The number of rotatable bonds is 8. The molecule has 2 aromatic rings. The molecule has 0 heterocycles. The minimum absolute atomic E-state index is 0.0159. The molecule has 2 aromatic carbocycles. The predicted molar refractivity (Wildman–Crippen MR) is 117 cm³/mol. The quantitative estimate of drug-likeness (QED) is 0.666. The van der Waals surface area contributed by atoms with Crippen molar-refractivity contribution in [1.29, 1.82) is 0 Å². The molecule has 0 fully saturated rings. The van der Waals surface area contributed by atoms with E-state index in [-0.39, 0.29) is 16.7 Å². The maximum atomic E-state index is 12.7. The van der Waals surface area contributed by atoms with Crippen LogP contribution in [0.1, 0.15) is 42.1 Å². The number of hydrogen-bond acceptors (Lipinski definition) is 5. The summed E-state index contributed by atoms with van der Waals surface area (Å²) in [4.78, 5) is 12.6. The van der Waals surface area contributed by atoms with Crippen LogP contribution < -0.4 is 19.5 Å². The molecule has 1 amide bonds. The molecule has 2 N–H and O–H groups in total. The number of hydrogen-bond donors (Lipinski definition) is 2. The molecule has 8 heteroatoms. The Morgan fingerprint density at radius 2 is 1.50 bits per heavy atom. The SMILES string of the molecule is COc1ccc(S(=O)(=O)N[C@H](C)C(=O)N[C@H](C)c2cc(C)c(C)cc2C)cc1OC. The summed E-state index contributed by atoms with van der Waals surface area (Å²) in [6.07, 6.45) is 0. The molecule has 30 heavy (non-hydrogen) atoms. The van der Waals surface area contributed by atoms with E-state index in [0.29, 0.717) is 5.75 Å². The molecule has 0 radical (unpaired) electrons. The third-order valence-corrected chi connectivity index (χ3v) is 6.64. The molecule has 2 atom stereocenters. The molecule has 0 aromatic heterocycles. The van der Waals surface area contributed by atoms with Crippen LogP contribution in [0.4, 0.5) is 0 Å². The number of carbonyl (C=O) groups is 1. The van der Waals surface area contributed by atoms with Crippen LogP contribution in [0.3, 0.4) is 0 Å². The summed E-state index contributed by atoms with van der Waals surface area (Å²) in [5.41, 5.74) is 4.40. The maximum absolute atomic E-state index is 12.7. The summed E-state index contributed by atoms with van der Waals surface area (Å²) in [6, 6.07) is 7.16. The molecule has 0 aliphatic heterocycles. The van der Waals surface area contributed by atoms with Crippen molar-refractivity contribution in [3.8, 4) is 11.5 Å². The van der Waals surface area contributed by atoms with Crippen LogP contribution in [-0.2, 0) is 14.8 Å². The fourth-order valence-electron chi connectivity index (χ4n) is 3.20. The predicted octanol–water partition coefficient (Wildman–Crippen LogP) is 3.17. The molecule has 164 valence electrons. The third-order valence-electron chi connectivity index (χ3n) is 5.10. The molecule has 2 rings (SSSR count). The number of aryl methyl sites for hydroxylation is 3. The van der Waals surface area contributed by atoms with E-state index < -0.39 is 22.0 Å². The summed E-state index contributed by atoms with van der Waals surface area (Å²) in [5.74, 6) is 0.292. The van der Waals surface area contributed by atoms with Crippen LogP contribution in [0.15, 0.2) is 35.2 Å². The second-order valence-corrected chi connectivity index (χ2v) is 9.10. The zero-order valence-corrected chi connectivity index (χ0v) is 19.3. The Hall–Kier alpha value is -2.58. The van der Waals surface area contributed by atoms with Crippen molar-refractivity contribution in [2.24, 2.45) is 0 Å². The van der Waals surface area contributed by atoms with Gasteiger partial charge in [-0.15, -0.1) is 0 Å². The van der Waals surface area contributed by atoms with Gasteiger partial charge in [0.05, 0.1) is 31.2 Å². The van der Waals surface area contributed by atoms with Crippen molar-refractivity contribution >= 4 is 15.9 Å². The highest BCUT2D eigenvalue weighted by Gasteiger charge is 2.24. The first-order valence-electron chi connectivity index (χ1n) is 9.62. The number of sulfonamides is 1. The van der Waals surface area contributed by atoms with Gasteiger partial charge < -0.3 is 14.8 Å². The number of ether oxygens (including phenoxy) is 2. The van der Waals surface area contributed by atoms with Crippen LogP contribution in [0.5, 0.6) is 11.5 Å². The summed E-state index contributed by atoms with van der Waals surface area (Å²) in [5, 5.41) is 2.89. The lowest BCUT2D eigenvalue weighted by atomic mass is 9.96. The Labute approximate surface area is 178 Å². The fourth-order valence-corrected chi connectivity index (χ4v) is 4.42. The largest absolute Gasteiger partial charge is 0.493 e. The smallest absolute Gasteiger partial charge is 0.241 e. The fraction of sp³-hybridized carbons (Fsp3) is 0.409. The second kappa shape index (κ2) is 9.49. The van der Waals surface area contributed by atoms with Gasteiger partial charge in [-0.2, -0.15) is 4.72 Å². The number of nitrogens with one attached hydrogen (secondary N) is 2. The van der Waals surface area contributed by atoms with Crippen LogP contribution >= 0.6 is 0 Å². The molecule has 0 aliphatic rings. The normalized spacial score (nSPS) is 13.4. The zero-order valence-electron chi connectivity index (χ0n) is 18.5. The Bertz CT molecular complexity index is 1030. The van der Waals surface area contributed by atoms with Crippen LogP contribution in [0, 0.1) is 20.8 Å². The van der Waals surface area contributed by atoms with E-state index in [1.165, 1.54) is 44.9 Å². The van der Waals surface area contributed by atoms with Gasteiger partial charge in [0, 0.05) is 6.07 Å². The van der Waals surface area contributed by atoms with Gasteiger partial charge in [-0.3, -0.25) is 4.79 Å². The first-order chi connectivity index (χ1) is 14.0. The summed E-state index contributed by atoms with van der Waals surface area (Å²) < 4.78 is 38.1. The van der Waals surface area contributed by atoms with Crippen molar-refractivity contribution in [1.82, 2.24) is 10.0 Å². The Kier molecular flexibility index (Phi) is 7.49. The average molecular weight is 435 g/mol. The zero-order chi connectivity index (χ0) is 22.6. The minimum Gasteiger partial charge on any atom is -0.493 e. The molecular weight excluding hydrogens is 404 g/mol. The van der Waals surface area contributed by atoms with Gasteiger partial charge in [0.2, 0.25) is 15.9 Å². The molecule has 0 aliphatic carbocycles. The van der Waals surface area contributed by atoms with Crippen LogP contribution in [0.2, 0.25) is 0 Å². The van der Waals surface area contributed by atoms with Gasteiger partial charge in [-0.1, -0.05) is 12.1 Å². The van der Waals surface area contributed by atoms with Gasteiger partial charge in [0.25, 0.3) is 0 Å². The van der Waals surface area contributed by atoms with E-state index in [9.17, 15) is 13.2 Å². The van der Waals surface area contributed by atoms with Crippen molar-refractivity contribution in [3.05, 3.63) is 52.6 Å². The van der Waals surface area contributed by atoms with Gasteiger partial charge in [-0.25, -0.2) is 8.42 Å². The highest BCUT2D eigenvalue weighted by molar-refractivity contribution is 7.89. The third kappa shape index (κ3) is 5.31. The van der Waals surface area contributed by atoms with E-state index in [4.69, 9.17) is 9.47 Å². The first kappa shape index (κ1) is 23.7. The lowest BCUT2D eigenvalue weighted by Gasteiger charge is -2.21. The average Bonchev–Trinajstić information content (AvgIpc) is 2.69. The number of carbonyl (C=O) groups excluding carboxylic acids is 1. The van der Waals surface area contributed by atoms with E-state index >= 15 is 0 Å². The minimum atomic E-state index is -3.93. The Balaban J connectivity index is 2.14. The molecule has 0 spiro atoms. The maximum Gasteiger partial charge on any atom is 0.241 e. The Morgan fingerprint density at radius 3 is 2.10 bits per heavy atom. The van der Waals surface area contributed by atoms with Gasteiger partial charge >= 0.3 is 0 Å². The number of benzene rings is 2. The first-order valence-corrected chi connectivity index (χ1v) is 11.1. The molecule has 0 bridgehead atoms. The van der Waals surface area contributed by atoms with Gasteiger partial charge in [0.1, 0.15) is 0 Å². The van der Waals surface area contributed by atoms with Crippen molar-refractivity contribution in [2.45, 2.75) is 51.6 Å². The summed E-state index contributed by atoms with van der Waals surface area (Å²) >= 11 is 0. The lowest BCUT2D eigenvalue weighted by Crippen LogP contribution is -2.45. The Morgan fingerprint density at radius 1 is 0.900 bits per heavy atom.